The molecular formula is C5H8Cl2O2S. The van der Waals surface area contributed by atoms with Gasteiger partial charge in [0.25, 0.3) is 0 Å². The average molecular weight is 203 g/mol. The molecule has 0 amide bonds. The Morgan fingerprint density at radius 2 is 2.10 bits per heavy atom. The summed E-state index contributed by atoms with van der Waals surface area (Å²) in [5.41, 5.74) is -0.351. The van der Waals surface area contributed by atoms with E-state index in [1.807, 2.05) is 0 Å². The molecular weight excluding hydrogens is 195 g/mol. The van der Waals surface area contributed by atoms with Gasteiger partial charge in [-0.1, -0.05) is 6.92 Å². The normalized spacial score (nSPS) is 39.2. The van der Waals surface area contributed by atoms with Crippen molar-refractivity contribution in [1.29, 1.82) is 0 Å². The molecule has 1 N–H and O–H groups in total. The van der Waals surface area contributed by atoms with Crippen LogP contribution in [0.4, 0.5) is 0 Å². The van der Waals surface area contributed by atoms with Gasteiger partial charge in [-0.3, -0.25) is 0 Å². The highest BCUT2D eigenvalue weighted by molar-refractivity contribution is 7.79. The first-order chi connectivity index (χ1) is 4.37. The molecule has 0 aromatic rings. The Morgan fingerprint density at radius 3 is 2.20 bits per heavy atom. The Bertz CT molecular complexity index is 182. The number of hydrogen-bond donors (Lipinski definition) is 1. The summed E-state index contributed by atoms with van der Waals surface area (Å²) in [5.74, 6) is 0.167. The van der Waals surface area contributed by atoms with Gasteiger partial charge in [-0.2, -0.15) is 0 Å². The molecule has 5 heteroatoms. The quantitative estimate of drug-likeness (QED) is 0.548. The van der Waals surface area contributed by atoms with Gasteiger partial charge in [-0.05, 0) is 6.42 Å². The van der Waals surface area contributed by atoms with Gasteiger partial charge < -0.3 is 4.55 Å². The maximum Gasteiger partial charge on any atom is 0.153 e. The van der Waals surface area contributed by atoms with Gasteiger partial charge in [0.05, 0.1) is 5.75 Å². The Balaban J connectivity index is 2.52. The first kappa shape index (κ1) is 8.78. The van der Waals surface area contributed by atoms with Crippen LogP contribution in [-0.4, -0.2) is 18.8 Å². The molecule has 0 bridgehead atoms. The van der Waals surface area contributed by atoms with Gasteiger partial charge >= 0.3 is 0 Å². The summed E-state index contributed by atoms with van der Waals surface area (Å²) < 4.78 is 18.1. The number of halogens is 2. The third kappa shape index (κ3) is 1.47. The molecule has 0 saturated heterocycles. The van der Waals surface area contributed by atoms with E-state index in [9.17, 15) is 4.21 Å². The fourth-order valence-corrected chi connectivity index (χ4v) is 2.65. The Kier molecular flexibility index (Phi) is 2.05. The van der Waals surface area contributed by atoms with Crippen molar-refractivity contribution < 1.29 is 8.76 Å². The molecule has 0 aromatic heterocycles. The van der Waals surface area contributed by atoms with Gasteiger partial charge in [0, 0.05) is 5.41 Å². The van der Waals surface area contributed by atoms with Crippen LogP contribution in [0.25, 0.3) is 0 Å². The van der Waals surface area contributed by atoms with E-state index in [0.717, 1.165) is 0 Å². The summed E-state index contributed by atoms with van der Waals surface area (Å²) in [6.45, 7) is 1.81. The van der Waals surface area contributed by atoms with Gasteiger partial charge in [-0.15, -0.1) is 23.2 Å². The zero-order valence-electron chi connectivity index (χ0n) is 5.43. The van der Waals surface area contributed by atoms with E-state index in [1.54, 1.807) is 6.92 Å². The lowest BCUT2D eigenvalue weighted by atomic mass is 10.2. The summed E-state index contributed by atoms with van der Waals surface area (Å²) in [6.07, 6.45) is 0.607. The van der Waals surface area contributed by atoms with Crippen LogP contribution in [0.5, 0.6) is 0 Å². The summed E-state index contributed by atoms with van der Waals surface area (Å²) in [7, 11) is 0. The first-order valence-electron chi connectivity index (χ1n) is 2.83. The highest BCUT2D eigenvalue weighted by Gasteiger charge is 2.63. The largest absolute Gasteiger partial charge is 0.306 e. The molecule has 0 radical (unpaired) electrons. The molecule has 2 unspecified atom stereocenters. The molecule has 0 aliphatic heterocycles. The number of alkyl halides is 2. The van der Waals surface area contributed by atoms with E-state index in [4.69, 9.17) is 27.8 Å². The standard InChI is InChI=1S/C5H8Cl2O2S/c1-4(3-10(8)9)2-5(4,6)7/h2-3H2,1H3,(H,8,9). The summed E-state index contributed by atoms with van der Waals surface area (Å²) in [6, 6.07) is 0. The maximum absolute atomic E-state index is 10.3. The van der Waals surface area contributed by atoms with Gasteiger partial charge in [0.1, 0.15) is 4.33 Å². The highest BCUT2D eigenvalue weighted by Crippen LogP contribution is 2.63. The summed E-state index contributed by atoms with van der Waals surface area (Å²) in [4.78, 5) is 0. The van der Waals surface area contributed by atoms with E-state index in [2.05, 4.69) is 0 Å². The first-order valence-corrected chi connectivity index (χ1v) is 4.86. The lowest BCUT2D eigenvalue weighted by molar-refractivity contribution is 0.538. The minimum absolute atomic E-state index is 0.167. The molecule has 0 heterocycles. The molecule has 0 spiro atoms. The minimum Gasteiger partial charge on any atom is -0.306 e. The zero-order valence-corrected chi connectivity index (χ0v) is 7.76. The van der Waals surface area contributed by atoms with Gasteiger partial charge in [0.2, 0.25) is 0 Å². The molecule has 1 fully saturated rings. The molecule has 10 heavy (non-hydrogen) atoms. The molecule has 1 aliphatic carbocycles. The SMILES string of the molecule is CC1(CS(=O)O)CC1(Cl)Cl. The van der Waals surface area contributed by atoms with Crippen LogP contribution in [0.2, 0.25) is 0 Å². The highest BCUT2D eigenvalue weighted by atomic mass is 35.5. The van der Waals surface area contributed by atoms with Crippen molar-refractivity contribution in [3.63, 3.8) is 0 Å². The van der Waals surface area contributed by atoms with E-state index in [1.165, 1.54) is 0 Å². The summed E-state index contributed by atoms with van der Waals surface area (Å²) >= 11 is 9.64. The predicted octanol–water partition coefficient (Wildman–Crippen LogP) is 1.79. The van der Waals surface area contributed by atoms with Crippen molar-refractivity contribution in [3.8, 4) is 0 Å². The van der Waals surface area contributed by atoms with Crippen molar-refractivity contribution in [1.82, 2.24) is 0 Å². The van der Waals surface area contributed by atoms with Crippen LogP contribution in [0, 0.1) is 5.41 Å². The van der Waals surface area contributed by atoms with Crippen LogP contribution in [0.3, 0.4) is 0 Å². The fourth-order valence-electron chi connectivity index (χ4n) is 0.875. The van der Waals surface area contributed by atoms with E-state index < -0.39 is 15.4 Å². The third-order valence-electron chi connectivity index (χ3n) is 1.81. The van der Waals surface area contributed by atoms with Crippen molar-refractivity contribution in [2.24, 2.45) is 5.41 Å². The fraction of sp³-hybridized carbons (Fsp3) is 1.00. The van der Waals surface area contributed by atoms with Crippen molar-refractivity contribution in [2.75, 3.05) is 5.75 Å². The van der Waals surface area contributed by atoms with E-state index >= 15 is 0 Å². The van der Waals surface area contributed by atoms with Crippen molar-refractivity contribution >= 4 is 34.3 Å². The van der Waals surface area contributed by atoms with Crippen LogP contribution in [0.1, 0.15) is 13.3 Å². The van der Waals surface area contributed by atoms with Crippen LogP contribution in [-0.2, 0) is 11.1 Å². The third-order valence-corrected chi connectivity index (χ3v) is 3.88. The number of rotatable bonds is 2. The predicted molar refractivity (Wildman–Crippen MR) is 42.8 cm³/mol. The smallest absolute Gasteiger partial charge is 0.153 e. The van der Waals surface area contributed by atoms with E-state index in [-0.39, 0.29) is 11.2 Å². The van der Waals surface area contributed by atoms with Crippen LogP contribution >= 0.6 is 23.2 Å². The number of hydrogen-bond acceptors (Lipinski definition) is 1. The second kappa shape index (κ2) is 2.34. The van der Waals surface area contributed by atoms with Crippen LogP contribution in [0.15, 0.2) is 0 Å². The Hall–Kier alpha value is 0.690. The Labute approximate surface area is 72.2 Å². The maximum atomic E-state index is 10.3. The lowest BCUT2D eigenvalue weighted by Crippen LogP contribution is -2.13. The molecule has 2 atom stereocenters. The average Bonchev–Trinajstić information content (AvgIpc) is 2.01. The van der Waals surface area contributed by atoms with Gasteiger partial charge in [-0.25, -0.2) is 4.21 Å². The van der Waals surface area contributed by atoms with Crippen molar-refractivity contribution in [2.45, 2.75) is 17.7 Å². The second-order valence-corrected chi connectivity index (χ2v) is 5.32. The lowest BCUT2D eigenvalue weighted by Gasteiger charge is -2.06. The van der Waals surface area contributed by atoms with Crippen LogP contribution < -0.4 is 0 Å². The molecule has 1 saturated carbocycles. The molecule has 2 nitrogen and oxygen atoms in total. The van der Waals surface area contributed by atoms with Gasteiger partial charge in [0.15, 0.2) is 11.1 Å². The molecule has 0 aromatic carbocycles. The monoisotopic (exact) mass is 202 g/mol. The molecule has 1 aliphatic rings. The minimum atomic E-state index is -1.79. The molecule has 1 rings (SSSR count). The molecule has 60 valence electrons. The second-order valence-electron chi connectivity index (χ2n) is 2.91. The zero-order chi connectivity index (χ0) is 7.99. The van der Waals surface area contributed by atoms with Crippen molar-refractivity contribution in [3.05, 3.63) is 0 Å². The topological polar surface area (TPSA) is 37.3 Å². The van der Waals surface area contributed by atoms with E-state index in [0.29, 0.717) is 6.42 Å². The summed E-state index contributed by atoms with van der Waals surface area (Å²) in [5, 5.41) is 0. The Morgan fingerprint density at radius 1 is 1.70 bits per heavy atom.